The normalized spacial score (nSPS) is 12.0. The third kappa shape index (κ3) is 4.55. The highest BCUT2D eigenvalue weighted by Gasteiger charge is 2.11. The van der Waals surface area contributed by atoms with Gasteiger partial charge >= 0.3 is 0 Å². The number of rotatable bonds is 5. The van der Waals surface area contributed by atoms with E-state index in [4.69, 9.17) is 11.6 Å². The molecule has 2 aromatic rings. The second-order valence-electron chi connectivity index (χ2n) is 4.68. The van der Waals surface area contributed by atoms with Crippen molar-refractivity contribution in [1.82, 2.24) is 5.32 Å². The maximum Gasteiger partial charge on any atom is 0.238 e. The molecule has 0 aliphatic carbocycles. The summed E-state index contributed by atoms with van der Waals surface area (Å²) in [5, 5.41) is 6.34. The Bertz CT molecular complexity index is 616. The highest BCUT2D eigenvalue weighted by Crippen LogP contribution is 2.16. The molecule has 5 heteroatoms. The molecule has 2 N–H and O–H groups in total. The van der Waals surface area contributed by atoms with E-state index in [9.17, 15) is 9.18 Å². The predicted octanol–water partition coefficient (Wildman–Crippen LogP) is 3.77. The van der Waals surface area contributed by atoms with Gasteiger partial charge in [-0.15, -0.1) is 0 Å². The highest BCUT2D eigenvalue weighted by molar-refractivity contribution is 6.30. The minimum atomic E-state index is -0.282. The lowest BCUT2D eigenvalue weighted by Crippen LogP contribution is -2.30. The summed E-state index contributed by atoms with van der Waals surface area (Å²) in [6, 6.07) is 13.1. The molecule has 0 unspecified atom stereocenters. The fraction of sp³-hybridized carbons (Fsp3) is 0.188. The average molecular weight is 307 g/mol. The second kappa shape index (κ2) is 7.20. The molecule has 0 saturated heterocycles. The topological polar surface area (TPSA) is 41.1 Å². The Labute approximate surface area is 128 Å². The molecule has 1 amide bonds. The Morgan fingerprint density at radius 2 is 1.86 bits per heavy atom. The van der Waals surface area contributed by atoms with Crippen molar-refractivity contribution in [3.8, 4) is 0 Å². The van der Waals surface area contributed by atoms with Gasteiger partial charge in [0.2, 0.25) is 5.91 Å². The van der Waals surface area contributed by atoms with Gasteiger partial charge in [-0.05, 0) is 37.3 Å². The zero-order chi connectivity index (χ0) is 15.2. The van der Waals surface area contributed by atoms with Crippen LogP contribution in [0, 0.1) is 5.82 Å². The molecule has 0 bridgehead atoms. The van der Waals surface area contributed by atoms with E-state index < -0.39 is 0 Å². The summed E-state index contributed by atoms with van der Waals surface area (Å²) in [7, 11) is 0. The van der Waals surface area contributed by atoms with Crippen LogP contribution in [0.1, 0.15) is 18.5 Å². The molecule has 21 heavy (non-hydrogen) atoms. The van der Waals surface area contributed by atoms with Crippen molar-refractivity contribution in [1.29, 1.82) is 0 Å². The average Bonchev–Trinajstić information content (AvgIpc) is 2.48. The molecule has 2 aromatic carbocycles. The minimum Gasteiger partial charge on any atom is -0.325 e. The zero-order valence-electron chi connectivity index (χ0n) is 11.6. The van der Waals surface area contributed by atoms with E-state index in [1.165, 1.54) is 6.07 Å². The van der Waals surface area contributed by atoms with E-state index >= 15 is 0 Å². The largest absolute Gasteiger partial charge is 0.325 e. The first kappa shape index (κ1) is 15.5. The molecule has 0 aromatic heterocycles. The number of hydrogen-bond acceptors (Lipinski definition) is 2. The number of carbonyl (C=O) groups excluding carboxylic acids is 1. The first-order valence-electron chi connectivity index (χ1n) is 6.59. The zero-order valence-corrected chi connectivity index (χ0v) is 12.3. The van der Waals surface area contributed by atoms with Crippen molar-refractivity contribution in [3.05, 3.63) is 64.9 Å². The molecule has 0 aliphatic heterocycles. The minimum absolute atomic E-state index is 0.0954. The number of halogens is 2. The van der Waals surface area contributed by atoms with Gasteiger partial charge in [-0.1, -0.05) is 29.8 Å². The van der Waals surface area contributed by atoms with Crippen molar-refractivity contribution >= 4 is 23.2 Å². The van der Waals surface area contributed by atoms with Crippen molar-refractivity contribution < 1.29 is 9.18 Å². The lowest BCUT2D eigenvalue weighted by Gasteiger charge is -2.14. The summed E-state index contributed by atoms with van der Waals surface area (Å²) < 4.78 is 13.6. The van der Waals surface area contributed by atoms with Crippen molar-refractivity contribution in [3.63, 3.8) is 0 Å². The molecule has 0 aliphatic rings. The number of carbonyl (C=O) groups is 1. The van der Waals surface area contributed by atoms with Crippen LogP contribution in [0.5, 0.6) is 0 Å². The Hall–Kier alpha value is -1.91. The molecule has 0 saturated carbocycles. The van der Waals surface area contributed by atoms with Crippen LogP contribution in [-0.2, 0) is 4.79 Å². The Morgan fingerprint density at radius 1 is 1.19 bits per heavy atom. The van der Waals surface area contributed by atoms with E-state index in [-0.39, 0.29) is 24.3 Å². The molecule has 0 fully saturated rings. The summed E-state index contributed by atoms with van der Waals surface area (Å²) in [4.78, 5) is 11.8. The monoisotopic (exact) mass is 306 g/mol. The van der Waals surface area contributed by atoms with Crippen LogP contribution in [-0.4, -0.2) is 12.5 Å². The number of hydrogen-bond donors (Lipinski definition) is 2. The third-order valence-electron chi connectivity index (χ3n) is 3.07. The molecular weight excluding hydrogens is 291 g/mol. The number of nitrogens with one attached hydrogen (secondary N) is 2. The molecule has 2 rings (SSSR count). The van der Waals surface area contributed by atoms with Gasteiger partial charge < -0.3 is 10.6 Å². The Kier molecular flexibility index (Phi) is 5.31. The van der Waals surface area contributed by atoms with E-state index in [0.29, 0.717) is 16.3 Å². The first-order chi connectivity index (χ1) is 10.1. The van der Waals surface area contributed by atoms with Crippen molar-refractivity contribution in [2.24, 2.45) is 0 Å². The third-order valence-corrected chi connectivity index (χ3v) is 3.32. The molecular formula is C16H16ClFN2O. The van der Waals surface area contributed by atoms with Crippen LogP contribution in [0.2, 0.25) is 5.02 Å². The maximum atomic E-state index is 13.6. The van der Waals surface area contributed by atoms with Crippen molar-refractivity contribution in [2.45, 2.75) is 13.0 Å². The van der Waals surface area contributed by atoms with Crippen LogP contribution in [0.15, 0.2) is 48.5 Å². The van der Waals surface area contributed by atoms with E-state index in [1.807, 2.05) is 6.92 Å². The number of benzene rings is 2. The summed E-state index contributed by atoms with van der Waals surface area (Å²) >= 11 is 5.77. The summed E-state index contributed by atoms with van der Waals surface area (Å²) in [6.45, 7) is 1.91. The fourth-order valence-electron chi connectivity index (χ4n) is 1.92. The van der Waals surface area contributed by atoms with Crippen LogP contribution in [0.4, 0.5) is 10.1 Å². The lowest BCUT2D eigenvalue weighted by molar-refractivity contribution is -0.115. The summed E-state index contributed by atoms with van der Waals surface area (Å²) in [6.07, 6.45) is 0. The van der Waals surface area contributed by atoms with E-state index in [2.05, 4.69) is 10.6 Å². The standard InChI is InChI=1S/C16H16ClFN2O/c1-11(14-4-2-3-5-15(14)18)19-10-16(21)20-13-8-6-12(17)7-9-13/h2-9,11,19H,10H2,1H3,(H,20,21)/t11-/m1/s1. The van der Waals surface area contributed by atoms with Crippen LogP contribution in [0.3, 0.4) is 0 Å². The lowest BCUT2D eigenvalue weighted by atomic mass is 10.1. The molecule has 0 radical (unpaired) electrons. The first-order valence-corrected chi connectivity index (χ1v) is 6.97. The number of anilines is 1. The smallest absolute Gasteiger partial charge is 0.238 e. The van der Waals surface area contributed by atoms with E-state index in [1.54, 1.807) is 42.5 Å². The van der Waals surface area contributed by atoms with Crippen LogP contribution < -0.4 is 10.6 Å². The summed E-state index contributed by atoms with van der Waals surface area (Å²) in [5.74, 6) is -0.476. The van der Waals surface area contributed by atoms with Crippen molar-refractivity contribution in [2.75, 3.05) is 11.9 Å². The van der Waals surface area contributed by atoms with Gasteiger partial charge in [0.25, 0.3) is 0 Å². The Morgan fingerprint density at radius 3 is 2.52 bits per heavy atom. The molecule has 1 atom stereocenters. The predicted molar refractivity (Wildman–Crippen MR) is 82.9 cm³/mol. The van der Waals surface area contributed by atoms with Gasteiger partial charge in [0.15, 0.2) is 0 Å². The number of amides is 1. The van der Waals surface area contributed by atoms with Gasteiger partial charge in [-0.25, -0.2) is 4.39 Å². The van der Waals surface area contributed by atoms with Gasteiger partial charge in [-0.3, -0.25) is 4.79 Å². The van der Waals surface area contributed by atoms with E-state index in [0.717, 1.165) is 0 Å². The van der Waals surface area contributed by atoms with Gasteiger partial charge in [-0.2, -0.15) is 0 Å². The SMILES string of the molecule is C[C@@H](NCC(=O)Nc1ccc(Cl)cc1)c1ccccc1F. The summed E-state index contributed by atoms with van der Waals surface area (Å²) in [5.41, 5.74) is 1.21. The fourth-order valence-corrected chi connectivity index (χ4v) is 2.05. The maximum absolute atomic E-state index is 13.6. The van der Waals surface area contributed by atoms with Crippen LogP contribution in [0.25, 0.3) is 0 Å². The molecule has 0 spiro atoms. The molecule has 3 nitrogen and oxygen atoms in total. The van der Waals surface area contributed by atoms with Gasteiger partial charge in [0.05, 0.1) is 6.54 Å². The highest BCUT2D eigenvalue weighted by atomic mass is 35.5. The second-order valence-corrected chi connectivity index (χ2v) is 5.12. The van der Waals surface area contributed by atoms with Gasteiger partial charge in [0.1, 0.15) is 5.82 Å². The molecule has 0 heterocycles. The van der Waals surface area contributed by atoms with Gasteiger partial charge in [0, 0.05) is 22.3 Å². The van der Waals surface area contributed by atoms with Crippen LogP contribution >= 0.6 is 11.6 Å². The Balaban J connectivity index is 1.86. The molecule has 110 valence electrons. The quantitative estimate of drug-likeness (QED) is 0.883.